The Balaban J connectivity index is 0.00000264. The molecule has 0 aromatic carbocycles. The minimum absolute atomic E-state index is 0. The van der Waals surface area contributed by atoms with Crippen LogP contribution in [0.1, 0.15) is 26.7 Å². The number of nitro groups is 1. The standard InChI is InChI=1S/C14H24N6O2.HI/c1-4-14(2)5-7-18(11-14)13(15-3)16-6-8-19-10-12(9-17-19)20(21)22;/h9-10H,4-8,11H2,1-3H3,(H,15,16);1H. The summed E-state index contributed by atoms with van der Waals surface area (Å²) < 4.78 is 1.57. The van der Waals surface area contributed by atoms with E-state index < -0.39 is 4.92 Å². The first kappa shape index (κ1) is 19.7. The molecule has 23 heavy (non-hydrogen) atoms. The van der Waals surface area contributed by atoms with Gasteiger partial charge in [-0.15, -0.1) is 24.0 Å². The zero-order valence-corrected chi connectivity index (χ0v) is 16.2. The van der Waals surface area contributed by atoms with E-state index in [9.17, 15) is 10.1 Å². The second-order valence-electron chi connectivity index (χ2n) is 6.03. The lowest BCUT2D eigenvalue weighted by molar-refractivity contribution is -0.385. The first-order valence-electron chi connectivity index (χ1n) is 7.60. The second-order valence-corrected chi connectivity index (χ2v) is 6.03. The average Bonchev–Trinajstić information content (AvgIpc) is 3.11. The summed E-state index contributed by atoms with van der Waals surface area (Å²) >= 11 is 0. The van der Waals surface area contributed by atoms with E-state index in [-0.39, 0.29) is 29.7 Å². The highest BCUT2D eigenvalue weighted by Gasteiger charge is 2.33. The van der Waals surface area contributed by atoms with E-state index in [1.165, 1.54) is 18.8 Å². The number of nitrogens with zero attached hydrogens (tertiary/aromatic N) is 5. The van der Waals surface area contributed by atoms with E-state index in [1.807, 2.05) is 0 Å². The number of halogens is 1. The van der Waals surface area contributed by atoms with Crippen LogP contribution in [0, 0.1) is 15.5 Å². The smallest absolute Gasteiger partial charge is 0.306 e. The number of aliphatic imine (C=N–C) groups is 1. The molecule has 0 bridgehead atoms. The molecule has 8 nitrogen and oxygen atoms in total. The molecule has 1 aromatic rings. The molecule has 130 valence electrons. The van der Waals surface area contributed by atoms with Gasteiger partial charge in [0, 0.05) is 26.7 Å². The molecule has 1 unspecified atom stereocenters. The van der Waals surface area contributed by atoms with Crippen molar-refractivity contribution in [2.24, 2.45) is 10.4 Å². The molecule has 9 heteroatoms. The average molecular weight is 436 g/mol. The lowest BCUT2D eigenvalue weighted by Gasteiger charge is -2.25. The predicted molar refractivity (Wildman–Crippen MR) is 100 cm³/mol. The van der Waals surface area contributed by atoms with E-state index in [4.69, 9.17) is 0 Å². The summed E-state index contributed by atoms with van der Waals surface area (Å²) in [6, 6.07) is 0. The zero-order valence-electron chi connectivity index (χ0n) is 13.9. The van der Waals surface area contributed by atoms with Crippen LogP contribution in [0.2, 0.25) is 0 Å². The van der Waals surface area contributed by atoms with Gasteiger partial charge >= 0.3 is 5.69 Å². The summed E-state index contributed by atoms with van der Waals surface area (Å²) in [5, 5.41) is 17.9. The Hall–Kier alpha value is -1.39. The molecule has 1 aliphatic rings. The van der Waals surface area contributed by atoms with Crippen LogP contribution >= 0.6 is 24.0 Å². The van der Waals surface area contributed by atoms with Crippen LogP contribution in [0.4, 0.5) is 5.69 Å². The lowest BCUT2D eigenvalue weighted by Crippen LogP contribution is -2.42. The van der Waals surface area contributed by atoms with Crippen LogP contribution in [0.25, 0.3) is 0 Å². The molecule has 0 amide bonds. The molecule has 2 rings (SSSR count). The Morgan fingerprint density at radius 2 is 2.35 bits per heavy atom. The van der Waals surface area contributed by atoms with Gasteiger partial charge < -0.3 is 10.2 Å². The SMILES string of the molecule is CCC1(C)CCN(C(=NC)NCCn2cc([N+](=O)[O-])cn2)C1.I. The third kappa shape index (κ3) is 5.05. The van der Waals surface area contributed by atoms with Crippen LogP contribution in [0.3, 0.4) is 0 Å². The molecule has 0 radical (unpaired) electrons. The summed E-state index contributed by atoms with van der Waals surface area (Å²) in [4.78, 5) is 16.8. The molecule has 1 aliphatic heterocycles. The molecule has 1 N–H and O–H groups in total. The predicted octanol–water partition coefficient (Wildman–Crippen LogP) is 2.11. The van der Waals surface area contributed by atoms with E-state index in [2.05, 4.69) is 34.2 Å². The highest BCUT2D eigenvalue weighted by atomic mass is 127. The van der Waals surface area contributed by atoms with Crippen molar-refractivity contribution in [2.45, 2.75) is 33.2 Å². The largest absolute Gasteiger partial charge is 0.354 e. The Morgan fingerprint density at radius 1 is 1.61 bits per heavy atom. The van der Waals surface area contributed by atoms with Crippen LogP contribution in [-0.2, 0) is 6.54 Å². The van der Waals surface area contributed by atoms with Gasteiger partial charge in [0.1, 0.15) is 12.4 Å². The van der Waals surface area contributed by atoms with Gasteiger partial charge in [0.25, 0.3) is 0 Å². The topological polar surface area (TPSA) is 88.6 Å². The minimum Gasteiger partial charge on any atom is -0.354 e. The molecule has 1 fully saturated rings. The van der Waals surface area contributed by atoms with E-state index in [0.29, 0.717) is 18.5 Å². The first-order chi connectivity index (χ1) is 10.5. The number of hydrogen-bond donors (Lipinski definition) is 1. The number of aromatic nitrogens is 2. The van der Waals surface area contributed by atoms with Crippen molar-refractivity contribution in [3.63, 3.8) is 0 Å². The summed E-state index contributed by atoms with van der Waals surface area (Å²) in [6.07, 6.45) is 5.05. The highest BCUT2D eigenvalue weighted by molar-refractivity contribution is 14.0. The molecular formula is C14H25IN6O2. The Labute approximate surface area is 153 Å². The van der Waals surface area contributed by atoms with Gasteiger partial charge in [-0.1, -0.05) is 13.8 Å². The number of likely N-dealkylation sites (tertiary alicyclic amines) is 1. The van der Waals surface area contributed by atoms with Crippen LogP contribution in [0.5, 0.6) is 0 Å². The van der Waals surface area contributed by atoms with Crippen molar-refractivity contribution in [3.8, 4) is 0 Å². The normalized spacial score (nSPS) is 21.2. The fourth-order valence-corrected chi connectivity index (χ4v) is 2.68. The van der Waals surface area contributed by atoms with Crippen LogP contribution in [0.15, 0.2) is 17.4 Å². The van der Waals surface area contributed by atoms with Gasteiger partial charge in [0.05, 0.1) is 11.5 Å². The van der Waals surface area contributed by atoms with Crippen molar-refractivity contribution >= 4 is 35.6 Å². The van der Waals surface area contributed by atoms with Gasteiger partial charge in [-0.25, -0.2) is 0 Å². The van der Waals surface area contributed by atoms with Gasteiger partial charge in [0.15, 0.2) is 5.96 Å². The van der Waals surface area contributed by atoms with Crippen LogP contribution in [-0.4, -0.2) is 52.2 Å². The quantitative estimate of drug-likeness (QED) is 0.251. The third-order valence-electron chi connectivity index (χ3n) is 4.38. The maximum Gasteiger partial charge on any atom is 0.306 e. The lowest BCUT2D eigenvalue weighted by atomic mass is 9.87. The maximum atomic E-state index is 10.6. The Morgan fingerprint density at radius 3 is 2.87 bits per heavy atom. The summed E-state index contributed by atoms with van der Waals surface area (Å²) in [7, 11) is 1.78. The number of rotatable bonds is 5. The summed E-state index contributed by atoms with van der Waals surface area (Å²) in [5.74, 6) is 0.888. The fraction of sp³-hybridized carbons (Fsp3) is 0.714. The Bertz CT molecular complexity index is 561. The number of nitrogens with one attached hydrogen (secondary N) is 1. The second kappa shape index (κ2) is 8.46. The van der Waals surface area contributed by atoms with Gasteiger partial charge in [-0.05, 0) is 18.3 Å². The number of hydrogen-bond acceptors (Lipinski definition) is 4. The third-order valence-corrected chi connectivity index (χ3v) is 4.38. The minimum atomic E-state index is -0.439. The highest BCUT2D eigenvalue weighted by Crippen LogP contribution is 2.32. The fourth-order valence-electron chi connectivity index (χ4n) is 2.68. The molecule has 0 saturated carbocycles. The van der Waals surface area contributed by atoms with Crippen LogP contribution < -0.4 is 5.32 Å². The molecule has 0 aliphatic carbocycles. The van der Waals surface area contributed by atoms with Crippen molar-refractivity contribution in [3.05, 3.63) is 22.5 Å². The van der Waals surface area contributed by atoms with Crippen molar-refractivity contribution in [2.75, 3.05) is 26.7 Å². The first-order valence-corrected chi connectivity index (χ1v) is 7.60. The Kier molecular flexibility index (Phi) is 7.23. The van der Waals surface area contributed by atoms with Gasteiger partial charge in [0.2, 0.25) is 0 Å². The van der Waals surface area contributed by atoms with Gasteiger partial charge in [-0.3, -0.25) is 19.8 Å². The summed E-state index contributed by atoms with van der Waals surface area (Å²) in [5.41, 5.74) is 0.378. The molecule has 1 saturated heterocycles. The molecule has 0 spiro atoms. The van der Waals surface area contributed by atoms with Gasteiger partial charge in [-0.2, -0.15) is 5.10 Å². The van der Waals surface area contributed by atoms with Crippen molar-refractivity contribution in [1.29, 1.82) is 0 Å². The molecule has 1 atom stereocenters. The van der Waals surface area contributed by atoms with E-state index in [1.54, 1.807) is 11.7 Å². The zero-order chi connectivity index (χ0) is 16.2. The van der Waals surface area contributed by atoms with Crippen molar-refractivity contribution < 1.29 is 4.92 Å². The molecule has 2 heterocycles. The van der Waals surface area contributed by atoms with E-state index in [0.717, 1.165) is 25.5 Å². The summed E-state index contributed by atoms with van der Waals surface area (Å²) in [6.45, 7) is 7.75. The molecular weight excluding hydrogens is 411 g/mol. The van der Waals surface area contributed by atoms with Crippen molar-refractivity contribution in [1.82, 2.24) is 20.0 Å². The number of guanidine groups is 1. The maximum absolute atomic E-state index is 10.6. The monoisotopic (exact) mass is 436 g/mol. The molecule has 1 aromatic heterocycles. The van der Waals surface area contributed by atoms with E-state index >= 15 is 0 Å².